The van der Waals surface area contributed by atoms with Crippen molar-refractivity contribution in [3.8, 4) is 0 Å². The summed E-state index contributed by atoms with van der Waals surface area (Å²) in [5.74, 6) is -0.915. The van der Waals surface area contributed by atoms with Gasteiger partial charge in [-0.2, -0.15) is 0 Å². The number of piperidine rings is 2. The number of aliphatic carboxylic acids is 1. The summed E-state index contributed by atoms with van der Waals surface area (Å²) >= 11 is 0. The van der Waals surface area contributed by atoms with E-state index in [1.165, 1.54) is 44.9 Å². The van der Waals surface area contributed by atoms with Crippen LogP contribution < -0.4 is 5.56 Å². The molecule has 2 saturated heterocycles. The number of aromatic nitrogens is 2. The lowest BCUT2D eigenvalue weighted by Gasteiger charge is -2.54. The summed E-state index contributed by atoms with van der Waals surface area (Å²) in [4.78, 5) is 52.9. The van der Waals surface area contributed by atoms with Crippen LogP contribution >= 0.6 is 0 Å². The molecule has 5 atom stereocenters. The van der Waals surface area contributed by atoms with Crippen LogP contribution in [0.15, 0.2) is 34.2 Å². The zero-order chi connectivity index (χ0) is 30.5. The highest BCUT2D eigenvalue weighted by atomic mass is 16.6. The fourth-order valence-electron chi connectivity index (χ4n) is 8.07. The Hall–Kier alpha value is -3.27. The van der Waals surface area contributed by atoms with E-state index >= 15 is 0 Å². The van der Waals surface area contributed by atoms with Gasteiger partial charge in [0, 0.05) is 37.3 Å². The van der Waals surface area contributed by atoms with Gasteiger partial charge in [0.25, 0.3) is 11.5 Å². The molecule has 2 aliphatic heterocycles. The smallest absolute Gasteiger partial charge is 0.360 e. The van der Waals surface area contributed by atoms with Gasteiger partial charge >= 0.3 is 5.97 Å². The molecule has 0 radical (unpaired) electrons. The Morgan fingerprint density at radius 2 is 1.63 bits per heavy atom. The molecule has 1 aliphatic carbocycles. The number of hydrogen-bond acceptors (Lipinski definition) is 7. The van der Waals surface area contributed by atoms with Crippen LogP contribution in [0.1, 0.15) is 103 Å². The van der Waals surface area contributed by atoms with Crippen molar-refractivity contribution in [3.63, 3.8) is 0 Å². The predicted octanol–water partition coefficient (Wildman–Crippen LogP) is 4.99. The molecule has 10 heteroatoms. The van der Waals surface area contributed by atoms with Gasteiger partial charge in [0.1, 0.15) is 0 Å². The number of amides is 1. The first-order valence-corrected chi connectivity index (χ1v) is 16.4. The van der Waals surface area contributed by atoms with Crippen LogP contribution in [0.4, 0.5) is 0 Å². The van der Waals surface area contributed by atoms with Crippen LogP contribution in [0, 0.1) is 5.92 Å². The fraction of sp³-hybridized carbons (Fsp3) is 0.667. The highest BCUT2D eigenvalue weighted by Crippen LogP contribution is 2.44. The van der Waals surface area contributed by atoms with Gasteiger partial charge in [0.2, 0.25) is 5.71 Å². The van der Waals surface area contributed by atoms with Crippen molar-refractivity contribution < 1.29 is 19.5 Å². The van der Waals surface area contributed by atoms with E-state index < -0.39 is 23.8 Å². The van der Waals surface area contributed by atoms with Crippen molar-refractivity contribution in [1.82, 2.24) is 19.4 Å². The van der Waals surface area contributed by atoms with E-state index in [1.807, 2.05) is 32.0 Å². The van der Waals surface area contributed by atoms with E-state index in [4.69, 9.17) is 4.84 Å². The number of carbonyl (C=O) groups excluding carboxylic acids is 1. The lowest BCUT2D eigenvalue weighted by Crippen LogP contribution is -2.58. The Labute approximate surface area is 254 Å². The molecular weight excluding hydrogens is 546 g/mol. The maximum atomic E-state index is 14.2. The van der Waals surface area contributed by atoms with Gasteiger partial charge in [-0.05, 0) is 70.4 Å². The predicted molar refractivity (Wildman–Crippen MR) is 166 cm³/mol. The van der Waals surface area contributed by atoms with Gasteiger partial charge in [-0.3, -0.25) is 14.5 Å². The Bertz CT molecular complexity index is 1370. The summed E-state index contributed by atoms with van der Waals surface area (Å²) in [7, 11) is 0. The number of likely N-dealkylation sites (N-methyl/N-ethyl adjacent to an activating group) is 1. The van der Waals surface area contributed by atoms with Gasteiger partial charge in [0.05, 0.1) is 11.0 Å². The van der Waals surface area contributed by atoms with Crippen molar-refractivity contribution in [2.45, 2.75) is 116 Å². The maximum absolute atomic E-state index is 14.2. The van der Waals surface area contributed by atoms with Gasteiger partial charge < -0.3 is 19.4 Å². The Morgan fingerprint density at radius 1 is 0.977 bits per heavy atom. The van der Waals surface area contributed by atoms with Gasteiger partial charge in [0.15, 0.2) is 12.3 Å². The van der Waals surface area contributed by atoms with E-state index in [0.29, 0.717) is 42.2 Å². The number of fused-ring (bicyclic) bond motifs is 3. The zero-order valence-corrected chi connectivity index (χ0v) is 25.9. The average molecular weight is 594 g/mol. The molecule has 3 aliphatic rings. The number of carbonyl (C=O) groups is 2. The second kappa shape index (κ2) is 14.0. The molecule has 2 aromatic rings. The molecule has 1 aromatic carbocycles. The third kappa shape index (κ3) is 6.64. The van der Waals surface area contributed by atoms with Crippen LogP contribution in [0.3, 0.4) is 0 Å². The standard InChI is InChI=1S/C33H47N5O5/c1-4-11-22-12-9-13-23(18-22)37-24-14-10-15-25(37)20-26(19-24)38-28-17-8-7-16-27(28)34-30(32(38)40)31(33(41)42)35-43-21-29(39)36(5-2)6-3/h7-8,16-17,22-26H,4-6,9-15,18-21H2,1-3H3,(H,41,42)/b35-31-/t22-,23-,24-,25+,26?/m0/s1. The first kappa shape index (κ1) is 31.2. The molecule has 1 aromatic heterocycles. The molecule has 3 fully saturated rings. The summed E-state index contributed by atoms with van der Waals surface area (Å²) in [5.41, 5.74) is -0.0819. The molecule has 43 heavy (non-hydrogen) atoms. The summed E-state index contributed by atoms with van der Waals surface area (Å²) in [6.07, 6.45) is 12.9. The Morgan fingerprint density at radius 3 is 2.28 bits per heavy atom. The molecule has 2 bridgehead atoms. The summed E-state index contributed by atoms with van der Waals surface area (Å²) in [6, 6.07) is 8.77. The minimum absolute atomic E-state index is 0.0686. The molecule has 3 heterocycles. The fourth-order valence-corrected chi connectivity index (χ4v) is 8.07. The third-order valence-corrected chi connectivity index (χ3v) is 9.93. The number of rotatable bonds is 11. The molecule has 5 rings (SSSR count). The van der Waals surface area contributed by atoms with Crippen molar-refractivity contribution in [3.05, 3.63) is 40.3 Å². The second-order valence-electron chi connectivity index (χ2n) is 12.5. The van der Waals surface area contributed by atoms with E-state index in [0.717, 1.165) is 31.6 Å². The summed E-state index contributed by atoms with van der Waals surface area (Å²) < 4.78 is 1.78. The molecule has 1 amide bonds. The number of oxime groups is 1. The lowest BCUT2D eigenvalue weighted by molar-refractivity contribution is -0.136. The van der Waals surface area contributed by atoms with Crippen LogP contribution in [0.5, 0.6) is 0 Å². The summed E-state index contributed by atoms with van der Waals surface area (Å²) in [5, 5.41) is 13.8. The maximum Gasteiger partial charge on any atom is 0.360 e. The van der Waals surface area contributed by atoms with Crippen molar-refractivity contribution in [2.24, 2.45) is 11.1 Å². The van der Waals surface area contributed by atoms with E-state index in [9.17, 15) is 19.5 Å². The number of carboxylic acid groups (broad SMARTS) is 1. The number of carboxylic acids is 1. The number of hydrogen-bond donors (Lipinski definition) is 1. The first-order chi connectivity index (χ1) is 20.9. The van der Waals surface area contributed by atoms with Gasteiger partial charge in [-0.15, -0.1) is 0 Å². The van der Waals surface area contributed by atoms with E-state index in [-0.39, 0.29) is 17.6 Å². The monoisotopic (exact) mass is 593 g/mol. The van der Waals surface area contributed by atoms with Crippen molar-refractivity contribution in [1.29, 1.82) is 0 Å². The largest absolute Gasteiger partial charge is 0.476 e. The topological polar surface area (TPSA) is 117 Å². The lowest BCUT2D eigenvalue weighted by atomic mass is 9.76. The third-order valence-electron chi connectivity index (χ3n) is 9.93. The van der Waals surface area contributed by atoms with Crippen molar-refractivity contribution in [2.75, 3.05) is 19.7 Å². The van der Waals surface area contributed by atoms with Crippen LogP contribution in [-0.4, -0.2) is 79.9 Å². The van der Waals surface area contributed by atoms with Gasteiger partial charge in [-0.1, -0.05) is 56.3 Å². The minimum Gasteiger partial charge on any atom is -0.476 e. The molecule has 234 valence electrons. The minimum atomic E-state index is -1.42. The zero-order valence-electron chi connectivity index (χ0n) is 25.9. The molecule has 10 nitrogen and oxygen atoms in total. The van der Waals surface area contributed by atoms with Gasteiger partial charge in [-0.25, -0.2) is 9.78 Å². The summed E-state index contributed by atoms with van der Waals surface area (Å²) in [6.45, 7) is 6.59. The quantitative estimate of drug-likeness (QED) is 0.288. The highest BCUT2D eigenvalue weighted by molar-refractivity contribution is 6.41. The molecule has 1 saturated carbocycles. The van der Waals surface area contributed by atoms with Crippen molar-refractivity contribution >= 4 is 28.6 Å². The number of nitrogens with zero attached hydrogens (tertiary/aromatic N) is 5. The highest BCUT2D eigenvalue weighted by Gasteiger charge is 2.44. The van der Waals surface area contributed by atoms with Crippen LogP contribution in [0.2, 0.25) is 0 Å². The second-order valence-corrected chi connectivity index (χ2v) is 12.5. The van der Waals surface area contributed by atoms with E-state index in [2.05, 4.69) is 22.0 Å². The van der Waals surface area contributed by atoms with Crippen LogP contribution in [-0.2, 0) is 14.4 Å². The Kier molecular flexibility index (Phi) is 10.2. The molecule has 1 N–H and O–H groups in total. The first-order valence-electron chi connectivity index (χ1n) is 16.4. The average Bonchev–Trinajstić information content (AvgIpc) is 2.99. The molecule has 0 spiro atoms. The Balaban J connectivity index is 1.46. The molecule has 1 unspecified atom stereocenters. The number of para-hydroxylation sites is 2. The van der Waals surface area contributed by atoms with E-state index in [1.54, 1.807) is 15.5 Å². The number of benzene rings is 1. The SMILES string of the molecule is CCC[C@H]1CCC[C@H](N2[C@@H]3CCC[C@H]2CC(n2c(=O)c(/C(=N/OCC(=O)N(CC)CC)C(=O)O)nc4ccccc42)C3)C1. The van der Waals surface area contributed by atoms with Crippen LogP contribution in [0.25, 0.3) is 11.0 Å². The normalized spacial score (nSPS) is 26.3. The molecular formula is C33H47N5O5.